The predicted molar refractivity (Wildman–Crippen MR) is 52.6 cm³/mol. The average Bonchev–Trinajstić information content (AvgIpc) is 2.01. The molecular weight excluding hydrogens is 162 g/mol. The van der Waals surface area contributed by atoms with Gasteiger partial charge in [0, 0.05) is 23.4 Å². The SMILES string of the molecule is CC12CCCC(N1)C(C)(C)C(=O)C2. The number of hydrogen-bond acceptors (Lipinski definition) is 2. The Morgan fingerprint density at radius 2 is 2.08 bits per heavy atom. The molecule has 0 amide bonds. The molecule has 2 saturated heterocycles. The molecule has 2 bridgehead atoms. The number of Topliss-reactive ketones (excluding diaryl/α,β-unsaturated/α-hetero) is 1. The summed E-state index contributed by atoms with van der Waals surface area (Å²) in [5, 5.41) is 3.63. The molecule has 0 spiro atoms. The molecule has 0 aliphatic carbocycles. The zero-order valence-electron chi connectivity index (χ0n) is 8.81. The number of hydrogen-bond donors (Lipinski definition) is 1. The van der Waals surface area contributed by atoms with Gasteiger partial charge in [-0.2, -0.15) is 0 Å². The van der Waals surface area contributed by atoms with Crippen molar-refractivity contribution in [3.05, 3.63) is 0 Å². The van der Waals surface area contributed by atoms with E-state index in [9.17, 15) is 4.79 Å². The molecule has 0 radical (unpaired) electrons. The maximum atomic E-state index is 11.9. The van der Waals surface area contributed by atoms with Crippen molar-refractivity contribution < 1.29 is 4.79 Å². The lowest BCUT2D eigenvalue weighted by atomic mass is 9.65. The molecule has 2 aliphatic rings. The number of ketones is 1. The molecule has 0 aromatic rings. The van der Waals surface area contributed by atoms with E-state index in [2.05, 4.69) is 26.1 Å². The van der Waals surface area contributed by atoms with Crippen LogP contribution in [0.1, 0.15) is 46.5 Å². The Kier molecular flexibility index (Phi) is 1.82. The Labute approximate surface area is 80.1 Å². The van der Waals surface area contributed by atoms with Crippen LogP contribution < -0.4 is 5.32 Å². The van der Waals surface area contributed by atoms with Gasteiger partial charge in [-0.15, -0.1) is 0 Å². The highest BCUT2D eigenvalue weighted by Gasteiger charge is 2.48. The summed E-state index contributed by atoms with van der Waals surface area (Å²) < 4.78 is 0. The van der Waals surface area contributed by atoms with Gasteiger partial charge in [0.05, 0.1) is 0 Å². The first kappa shape index (κ1) is 9.20. The first-order chi connectivity index (χ1) is 5.94. The fourth-order valence-corrected chi connectivity index (χ4v) is 2.72. The van der Waals surface area contributed by atoms with Crippen LogP contribution in [-0.4, -0.2) is 17.4 Å². The second-order valence-electron chi connectivity index (χ2n) is 5.47. The quantitative estimate of drug-likeness (QED) is 0.618. The highest BCUT2D eigenvalue weighted by molar-refractivity contribution is 5.87. The van der Waals surface area contributed by atoms with Gasteiger partial charge in [-0.3, -0.25) is 4.79 Å². The maximum Gasteiger partial charge on any atom is 0.141 e. The minimum Gasteiger partial charge on any atom is -0.307 e. The van der Waals surface area contributed by atoms with Crippen LogP contribution in [0.15, 0.2) is 0 Å². The van der Waals surface area contributed by atoms with Crippen LogP contribution in [0, 0.1) is 5.41 Å². The fourth-order valence-electron chi connectivity index (χ4n) is 2.72. The highest BCUT2D eigenvalue weighted by Crippen LogP contribution is 2.40. The van der Waals surface area contributed by atoms with Gasteiger partial charge in [0.25, 0.3) is 0 Å². The molecular formula is C11H19NO. The molecule has 0 aromatic heterocycles. The molecule has 2 fully saturated rings. The predicted octanol–water partition coefficient (Wildman–Crippen LogP) is 1.89. The lowest BCUT2D eigenvalue weighted by molar-refractivity contribution is -0.136. The molecule has 2 rings (SSSR count). The smallest absolute Gasteiger partial charge is 0.141 e. The molecule has 0 saturated carbocycles. The van der Waals surface area contributed by atoms with Crippen molar-refractivity contribution in [2.45, 2.75) is 58.0 Å². The number of carbonyl (C=O) groups is 1. The maximum absolute atomic E-state index is 11.9. The zero-order chi connectivity index (χ0) is 9.69. The molecule has 74 valence electrons. The van der Waals surface area contributed by atoms with E-state index in [1.807, 2.05) is 0 Å². The van der Waals surface area contributed by atoms with Crippen molar-refractivity contribution in [2.24, 2.45) is 5.41 Å². The van der Waals surface area contributed by atoms with Crippen LogP contribution in [0.4, 0.5) is 0 Å². The fraction of sp³-hybridized carbons (Fsp3) is 0.909. The van der Waals surface area contributed by atoms with Crippen LogP contribution in [0.5, 0.6) is 0 Å². The van der Waals surface area contributed by atoms with E-state index in [4.69, 9.17) is 0 Å². The van der Waals surface area contributed by atoms with Gasteiger partial charge >= 0.3 is 0 Å². The zero-order valence-corrected chi connectivity index (χ0v) is 8.81. The first-order valence-electron chi connectivity index (χ1n) is 5.25. The van der Waals surface area contributed by atoms with Crippen LogP contribution >= 0.6 is 0 Å². The molecule has 2 heterocycles. The molecule has 13 heavy (non-hydrogen) atoms. The third kappa shape index (κ3) is 1.32. The van der Waals surface area contributed by atoms with Crippen molar-refractivity contribution >= 4 is 5.78 Å². The summed E-state index contributed by atoms with van der Waals surface area (Å²) in [7, 11) is 0. The van der Waals surface area contributed by atoms with Gasteiger partial charge in [-0.25, -0.2) is 0 Å². The monoisotopic (exact) mass is 181 g/mol. The number of piperidine rings is 2. The molecule has 0 aromatic carbocycles. The van der Waals surface area contributed by atoms with Gasteiger partial charge in [0.2, 0.25) is 0 Å². The summed E-state index contributed by atoms with van der Waals surface area (Å²) in [4.78, 5) is 11.9. The van der Waals surface area contributed by atoms with E-state index in [0.29, 0.717) is 11.8 Å². The van der Waals surface area contributed by atoms with Crippen molar-refractivity contribution in [3.8, 4) is 0 Å². The van der Waals surface area contributed by atoms with E-state index in [0.717, 1.165) is 19.3 Å². The number of carbonyl (C=O) groups excluding carboxylic acids is 1. The van der Waals surface area contributed by atoms with Crippen molar-refractivity contribution in [1.82, 2.24) is 5.32 Å². The average molecular weight is 181 g/mol. The Balaban J connectivity index is 2.28. The number of rotatable bonds is 0. The lowest BCUT2D eigenvalue weighted by Crippen LogP contribution is -2.64. The number of nitrogens with one attached hydrogen (secondary N) is 1. The molecule has 1 N–H and O–H groups in total. The minimum atomic E-state index is -0.139. The Hall–Kier alpha value is -0.370. The van der Waals surface area contributed by atoms with E-state index in [1.54, 1.807) is 0 Å². The van der Waals surface area contributed by atoms with Gasteiger partial charge in [-0.1, -0.05) is 20.3 Å². The third-order valence-corrected chi connectivity index (χ3v) is 3.88. The van der Waals surface area contributed by atoms with Crippen LogP contribution in [0.3, 0.4) is 0 Å². The van der Waals surface area contributed by atoms with Crippen molar-refractivity contribution in [1.29, 1.82) is 0 Å². The van der Waals surface area contributed by atoms with Gasteiger partial charge < -0.3 is 5.32 Å². The summed E-state index contributed by atoms with van der Waals surface area (Å²) in [6.07, 6.45) is 4.31. The normalized spacial score (nSPS) is 43.3. The second-order valence-corrected chi connectivity index (χ2v) is 5.47. The Morgan fingerprint density at radius 3 is 2.77 bits per heavy atom. The Morgan fingerprint density at radius 1 is 1.38 bits per heavy atom. The van der Waals surface area contributed by atoms with Crippen LogP contribution in [0.2, 0.25) is 0 Å². The molecule has 2 atom stereocenters. The summed E-state index contributed by atoms with van der Waals surface area (Å²) in [5.74, 6) is 0.443. The summed E-state index contributed by atoms with van der Waals surface area (Å²) >= 11 is 0. The second kappa shape index (κ2) is 2.57. The largest absolute Gasteiger partial charge is 0.307 e. The van der Waals surface area contributed by atoms with E-state index < -0.39 is 0 Å². The summed E-state index contributed by atoms with van der Waals surface area (Å²) in [6.45, 7) is 6.35. The van der Waals surface area contributed by atoms with Crippen molar-refractivity contribution in [2.75, 3.05) is 0 Å². The van der Waals surface area contributed by atoms with Gasteiger partial charge in [-0.05, 0) is 19.8 Å². The first-order valence-corrected chi connectivity index (χ1v) is 5.25. The molecule has 2 nitrogen and oxygen atoms in total. The standard InChI is InChI=1S/C11H19NO/c1-10(2)8-5-4-6-11(3,12-8)7-9(10)13/h8,12H,4-7H2,1-3H3. The van der Waals surface area contributed by atoms with E-state index >= 15 is 0 Å². The highest BCUT2D eigenvalue weighted by atomic mass is 16.1. The minimum absolute atomic E-state index is 0.107. The Bertz CT molecular complexity index is 246. The van der Waals surface area contributed by atoms with E-state index in [1.165, 1.54) is 6.42 Å². The molecule has 2 unspecified atom stereocenters. The van der Waals surface area contributed by atoms with Gasteiger partial charge in [0.15, 0.2) is 0 Å². The number of fused-ring (bicyclic) bond motifs is 2. The van der Waals surface area contributed by atoms with Crippen LogP contribution in [-0.2, 0) is 4.79 Å². The van der Waals surface area contributed by atoms with Crippen molar-refractivity contribution in [3.63, 3.8) is 0 Å². The third-order valence-electron chi connectivity index (χ3n) is 3.88. The van der Waals surface area contributed by atoms with Gasteiger partial charge in [0.1, 0.15) is 5.78 Å². The summed E-state index contributed by atoms with van der Waals surface area (Å²) in [6, 6.07) is 0.410. The molecule has 2 heteroatoms. The summed E-state index contributed by atoms with van der Waals surface area (Å²) in [5.41, 5.74) is -0.0323. The topological polar surface area (TPSA) is 29.1 Å². The lowest BCUT2D eigenvalue weighted by Gasteiger charge is -2.51. The van der Waals surface area contributed by atoms with Crippen LogP contribution in [0.25, 0.3) is 0 Å². The van der Waals surface area contributed by atoms with E-state index in [-0.39, 0.29) is 11.0 Å². The molecule has 2 aliphatic heterocycles.